The Labute approximate surface area is 121 Å². The topological polar surface area (TPSA) is 77.8 Å². The maximum absolute atomic E-state index is 11.7. The Kier molecular flexibility index (Phi) is 3.98. The molecule has 0 atom stereocenters. The van der Waals surface area contributed by atoms with Gasteiger partial charge in [0.25, 0.3) is 0 Å². The quantitative estimate of drug-likeness (QED) is 0.929. The summed E-state index contributed by atoms with van der Waals surface area (Å²) in [5.74, 6) is -0.133. The lowest BCUT2D eigenvalue weighted by Gasteiger charge is -2.16. The van der Waals surface area contributed by atoms with Crippen molar-refractivity contribution in [1.29, 1.82) is 0 Å². The molecular weight excluding hydrogens is 274 g/mol. The van der Waals surface area contributed by atoms with Crippen molar-refractivity contribution in [1.82, 2.24) is 4.57 Å². The van der Waals surface area contributed by atoms with Crippen LogP contribution in [0.4, 0.5) is 0 Å². The number of aromatic carboxylic acids is 1. The number of hydrogen-bond donors (Lipinski definition) is 1. The van der Waals surface area contributed by atoms with Gasteiger partial charge in [0.05, 0.1) is 19.9 Å². The molecule has 1 aromatic heterocycles. The molecule has 0 aliphatic carbocycles. The van der Waals surface area contributed by atoms with Crippen molar-refractivity contribution in [3.8, 4) is 17.2 Å². The smallest absolute Gasteiger partial charge is 0.341 e. The number of pyridine rings is 1. The van der Waals surface area contributed by atoms with Gasteiger partial charge in [-0.1, -0.05) is 0 Å². The summed E-state index contributed by atoms with van der Waals surface area (Å²) in [6.45, 7) is 1.72. The van der Waals surface area contributed by atoms with Crippen molar-refractivity contribution in [2.45, 2.75) is 6.92 Å². The predicted octanol–water partition coefficient (Wildman–Crippen LogP) is 1.86. The Hall–Kier alpha value is -2.76. The van der Waals surface area contributed by atoms with E-state index in [0.717, 1.165) is 0 Å². The van der Waals surface area contributed by atoms with Gasteiger partial charge in [-0.05, 0) is 19.1 Å². The lowest BCUT2D eigenvalue weighted by molar-refractivity contribution is 0.0694. The average Bonchev–Trinajstić information content (AvgIpc) is 2.46. The minimum atomic E-state index is -1.26. The molecule has 0 saturated heterocycles. The van der Waals surface area contributed by atoms with Gasteiger partial charge in [0, 0.05) is 24.0 Å². The van der Waals surface area contributed by atoms with Crippen molar-refractivity contribution in [3.63, 3.8) is 0 Å². The van der Waals surface area contributed by atoms with Crippen LogP contribution in [0.25, 0.3) is 5.69 Å². The molecule has 1 N–H and O–H groups in total. The van der Waals surface area contributed by atoms with Crippen LogP contribution in [0.15, 0.2) is 35.3 Å². The molecule has 2 aromatic rings. The number of hydrogen-bond acceptors (Lipinski definition) is 4. The van der Waals surface area contributed by atoms with Crippen molar-refractivity contribution in [3.05, 3.63) is 51.9 Å². The molecule has 0 aliphatic rings. The highest BCUT2D eigenvalue weighted by molar-refractivity contribution is 5.87. The first-order valence-electron chi connectivity index (χ1n) is 6.17. The molecule has 1 heterocycles. The number of methoxy groups -OCH3 is 2. The minimum absolute atomic E-state index is 0.293. The Morgan fingerprint density at radius 3 is 2.48 bits per heavy atom. The molecule has 110 valence electrons. The summed E-state index contributed by atoms with van der Waals surface area (Å²) in [5.41, 5.74) is 0.411. The van der Waals surface area contributed by atoms with Crippen molar-refractivity contribution in [2.75, 3.05) is 14.2 Å². The van der Waals surface area contributed by atoms with Gasteiger partial charge in [0.2, 0.25) is 0 Å². The van der Waals surface area contributed by atoms with E-state index in [4.69, 9.17) is 14.6 Å². The molecular formula is C15H15NO5. The van der Waals surface area contributed by atoms with E-state index in [2.05, 4.69) is 0 Å². The molecule has 0 radical (unpaired) electrons. The highest BCUT2D eigenvalue weighted by Gasteiger charge is 2.14. The summed E-state index contributed by atoms with van der Waals surface area (Å²) in [6.07, 6.45) is 1.30. The van der Waals surface area contributed by atoms with Crippen molar-refractivity contribution < 1.29 is 19.4 Å². The zero-order valence-corrected chi connectivity index (χ0v) is 11.9. The van der Waals surface area contributed by atoms with Gasteiger partial charge in [0.1, 0.15) is 17.1 Å². The third-order valence-electron chi connectivity index (χ3n) is 3.12. The normalized spacial score (nSPS) is 10.2. The molecule has 0 fully saturated rings. The lowest BCUT2D eigenvalue weighted by Crippen LogP contribution is -2.18. The first kappa shape index (κ1) is 14.6. The molecule has 6 heteroatoms. The molecule has 6 nitrogen and oxygen atoms in total. The van der Waals surface area contributed by atoms with Crippen LogP contribution >= 0.6 is 0 Å². The molecule has 1 aromatic carbocycles. The highest BCUT2D eigenvalue weighted by atomic mass is 16.5. The lowest BCUT2D eigenvalue weighted by atomic mass is 10.2. The summed E-state index contributed by atoms with van der Waals surface area (Å²) in [5, 5.41) is 9.07. The molecule has 0 spiro atoms. The fraction of sp³-hybridized carbons (Fsp3) is 0.200. The van der Waals surface area contributed by atoms with Crippen LogP contribution in [-0.4, -0.2) is 29.9 Å². The monoisotopic (exact) mass is 289 g/mol. The number of aryl methyl sites for hydroxylation is 1. The standard InChI is InChI=1S/C15H15NO5/c1-9-6-13(17)11(15(18)19)8-16(9)12-5-4-10(20-2)7-14(12)21-3/h4-8H,1-3H3,(H,18,19). The maximum Gasteiger partial charge on any atom is 0.341 e. The highest BCUT2D eigenvalue weighted by Crippen LogP contribution is 2.28. The van der Waals surface area contributed by atoms with Crippen LogP contribution in [0.5, 0.6) is 11.5 Å². The zero-order valence-electron chi connectivity index (χ0n) is 11.9. The van der Waals surface area contributed by atoms with Gasteiger partial charge in [0.15, 0.2) is 5.43 Å². The molecule has 21 heavy (non-hydrogen) atoms. The van der Waals surface area contributed by atoms with Gasteiger partial charge in [-0.3, -0.25) is 4.79 Å². The fourth-order valence-corrected chi connectivity index (χ4v) is 2.04. The van der Waals surface area contributed by atoms with Crippen LogP contribution in [-0.2, 0) is 0 Å². The van der Waals surface area contributed by atoms with E-state index in [0.29, 0.717) is 22.9 Å². The van der Waals surface area contributed by atoms with E-state index in [1.807, 2.05) is 0 Å². The number of aromatic nitrogens is 1. The second-order valence-electron chi connectivity index (χ2n) is 4.41. The number of carboxylic acids is 1. The number of ether oxygens (including phenoxy) is 2. The average molecular weight is 289 g/mol. The van der Waals surface area contributed by atoms with Gasteiger partial charge >= 0.3 is 5.97 Å². The molecule has 0 aliphatic heterocycles. The molecule has 0 bridgehead atoms. The van der Waals surface area contributed by atoms with Crippen molar-refractivity contribution >= 4 is 5.97 Å². The molecule has 0 saturated carbocycles. The largest absolute Gasteiger partial charge is 0.497 e. The van der Waals surface area contributed by atoms with Crippen LogP contribution in [0.1, 0.15) is 16.1 Å². The van der Waals surface area contributed by atoms with E-state index in [9.17, 15) is 9.59 Å². The zero-order chi connectivity index (χ0) is 15.6. The van der Waals surface area contributed by atoms with Gasteiger partial charge < -0.3 is 19.1 Å². The van der Waals surface area contributed by atoms with Crippen LogP contribution in [0, 0.1) is 6.92 Å². The summed E-state index contributed by atoms with van der Waals surface area (Å²) >= 11 is 0. The summed E-state index contributed by atoms with van der Waals surface area (Å²) in [4.78, 5) is 22.8. The second-order valence-corrected chi connectivity index (χ2v) is 4.41. The third kappa shape index (κ3) is 2.74. The van der Waals surface area contributed by atoms with E-state index >= 15 is 0 Å². The first-order chi connectivity index (χ1) is 9.97. The Morgan fingerprint density at radius 2 is 1.90 bits per heavy atom. The SMILES string of the molecule is COc1ccc(-n2cc(C(=O)O)c(=O)cc2C)c(OC)c1. The molecule has 0 unspecified atom stereocenters. The van der Waals surface area contributed by atoms with Gasteiger partial charge in [-0.25, -0.2) is 4.79 Å². The molecule has 2 rings (SSSR count). The number of nitrogens with zero attached hydrogens (tertiary/aromatic N) is 1. The summed E-state index contributed by atoms with van der Waals surface area (Å²) in [7, 11) is 3.05. The van der Waals surface area contributed by atoms with Crippen LogP contribution < -0.4 is 14.9 Å². The number of benzene rings is 1. The first-order valence-corrected chi connectivity index (χ1v) is 6.17. The number of carbonyl (C=O) groups is 1. The van der Waals surface area contributed by atoms with Crippen LogP contribution in [0.3, 0.4) is 0 Å². The number of rotatable bonds is 4. The van der Waals surface area contributed by atoms with Crippen molar-refractivity contribution in [2.24, 2.45) is 0 Å². The Balaban J connectivity index is 2.69. The maximum atomic E-state index is 11.7. The van der Waals surface area contributed by atoms with E-state index < -0.39 is 11.4 Å². The third-order valence-corrected chi connectivity index (χ3v) is 3.12. The van der Waals surface area contributed by atoms with Gasteiger partial charge in [-0.2, -0.15) is 0 Å². The summed E-state index contributed by atoms with van der Waals surface area (Å²) < 4.78 is 12.0. The van der Waals surface area contributed by atoms with Gasteiger partial charge in [-0.15, -0.1) is 0 Å². The number of carboxylic acid groups (broad SMARTS) is 1. The second kappa shape index (κ2) is 5.70. The van der Waals surface area contributed by atoms with Crippen LogP contribution in [0.2, 0.25) is 0 Å². The minimum Gasteiger partial charge on any atom is -0.497 e. The van der Waals surface area contributed by atoms with E-state index in [1.54, 1.807) is 36.8 Å². The van der Waals surface area contributed by atoms with E-state index in [1.165, 1.54) is 19.4 Å². The molecule has 0 amide bonds. The Morgan fingerprint density at radius 1 is 1.19 bits per heavy atom. The Bertz CT molecular complexity index is 748. The fourth-order valence-electron chi connectivity index (χ4n) is 2.04. The van der Waals surface area contributed by atoms with E-state index in [-0.39, 0.29) is 5.56 Å². The summed E-state index contributed by atoms with van der Waals surface area (Å²) in [6, 6.07) is 6.44. The predicted molar refractivity (Wildman–Crippen MR) is 76.8 cm³/mol.